The smallest absolute Gasteiger partial charge is 0.0563 e. The molecule has 0 aliphatic carbocycles. The van der Waals surface area contributed by atoms with E-state index in [0.717, 1.165) is 0 Å². The molecular formula is C14H38Hf2O2-6. The molecule has 18 heavy (non-hydrogen) atoms. The van der Waals surface area contributed by atoms with Crippen molar-refractivity contribution in [2.45, 2.75) is 40.2 Å². The van der Waals surface area contributed by atoms with Gasteiger partial charge in [0.15, 0.2) is 0 Å². The van der Waals surface area contributed by atoms with Crippen LogP contribution in [0.15, 0.2) is 12.2 Å². The maximum atomic E-state index is 8.52. The predicted octanol–water partition coefficient (Wildman–Crippen LogP) is 4.23. The van der Waals surface area contributed by atoms with Gasteiger partial charge in [-0.15, -0.1) is 6.58 Å². The number of aliphatic hydroxyl groups is 1. The maximum Gasteiger partial charge on any atom is 0.0563 e. The van der Waals surface area contributed by atoms with Gasteiger partial charge in [0.1, 0.15) is 0 Å². The van der Waals surface area contributed by atoms with Crippen molar-refractivity contribution < 1.29 is 62.3 Å². The molecule has 0 rings (SSSR count). The summed E-state index contributed by atoms with van der Waals surface area (Å²) in [7, 11) is 0. The second-order valence-electron chi connectivity index (χ2n) is 3.38. The molecule has 0 atom stereocenters. The first-order chi connectivity index (χ1) is 3.73. The zero-order valence-corrected chi connectivity index (χ0v) is 21.8. The van der Waals surface area contributed by atoms with Crippen LogP contribution in [-0.2, 0) is 51.7 Å². The van der Waals surface area contributed by atoms with E-state index in [1.54, 1.807) is 20.8 Å². The van der Waals surface area contributed by atoms with E-state index in [1.165, 1.54) is 5.57 Å². The topological polar surface area (TPSA) is 51.7 Å². The van der Waals surface area contributed by atoms with Crippen LogP contribution in [-0.4, -0.2) is 16.2 Å². The molecule has 0 aromatic heterocycles. The van der Waals surface area contributed by atoms with Gasteiger partial charge in [0.2, 0.25) is 0 Å². The average molecular weight is 595 g/mol. The van der Waals surface area contributed by atoms with Gasteiger partial charge in [-0.1, -0.05) is 5.57 Å². The third-order valence-corrected chi connectivity index (χ3v) is 0. The molecule has 0 spiro atoms. The summed E-state index contributed by atoms with van der Waals surface area (Å²) in [4.78, 5) is 0. The number of hydrogen-bond acceptors (Lipinski definition) is 1. The molecule has 0 unspecified atom stereocenters. The number of hydrogen-bond donors (Lipinski definition) is 1. The molecule has 4 heteroatoms. The monoisotopic (exact) mass is 598 g/mol. The minimum atomic E-state index is -0.500. The molecule has 0 fully saturated rings. The first kappa shape index (κ1) is 93.1. The Bertz CT molecular complexity index is 80.3. The summed E-state index contributed by atoms with van der Waals surface area (Å²) in [6, 6.07) is 0. The summed E-state index contributed by atoms with van der Waals surface area (Å²) < 4.78 is 0. The van der Waals surface area contributed by atoms with Gasteiger partial charge < -0.3 is 55.1 Å². The van der Waals surface area contributed by atoms with E-state index < -0.39 is 5.60 Å². The molecule has 0 radical (unpaired) electrons. The van der Waals surface area contributed by atoms with Crippen LogP contribution >= 0.6 is 0 Å². The Labute approximate surface area is 158 Å². The van der Waals surface area contributed by atoms with E-state index in [4.69, 9.17) is 5.11 Å². The summed E-state index contributed by atoms with van der Waals surface area (Å²) >= 11 is 0. The molecule has 0 aromatic carbocycles. The number of allylic oxidation sites excluding steroid dienone is 1. The van der Waals surface area contributed by atoms with Crippen molar-refractivity contribution in [3.05, 3.63) is 56.7 Å². The van der Waals surface area contributed by atoms with Crippen LogP contribution in [0.1, 0.15) is 34.6 Å². The quantitative estimate of drug-likeness (QED) is 0.255. The van der Waals surface area contributed by atoms with Gasteiger partial charge in [-0.05, 0) is 34.6 Å². The molecule has 0 saturated heterocycles. The maximum absolute atomic E-state index is 8.52. The van der Waals surface area contributed by atoms with Crippen LogP contribution in [0.4, 0.5) is 0 Å². The zero-order chi connectivity index (χ0) is 8.08. The molecular weight excluding hydrogens is 557 g/mol. The van der Waals surface area contributed by atoms with Gasteiger partial charge in [-0.25, -0.2) is 0 Å². The first-order valence-corrected chi connectivity index (χ1v) is 3.08. The summed E-state index contributed by atoms with van der Waals surface area (Å²) in [6.45, 7) is 12.7. The van der Waals surface area contributed by atoms with Crippen molar-refractivity contribution in [1.29, 1.82) is 0 Å². The third kappa shape index (κ3) is 2390. The fraction of sp³-hybridized carbons (Fsp3) is 0.429. The molecule has 0 aliphatic rings. The van der Waals surface area contributed by atoms with E-state index in [1.807, 2.05) is 13.8 Å². The fourth-order valence-corrected chi connectivity index (χ4v) is 0. The van der Waals surface area contributed by atoms with E-state index in [2.05, 4.69) is 6.58 Å². The Morgan fingerprint density at radius 1 is 0.778 bits per heavy atom. The fourth-order valence-electron chi connectivity index (χ4n) is 0. The molecule has 0 aromatic rings. The van der Waals surface area contributed by atoms with E-state index >= 15 is 0 Å². The van der Waals surface area contributed by atoms with Crippen molar-refractivity contribution in [2.24, 2.45) is 0 Å². The second-order valence-corrected chi connectivity index (χ2v) is 3.38. The van der Waals surface area contributed by atoms with Crippen molar-refractivity contribution in [2.75, 3.05) is 0 Å². The number of rotatable bonds is 0. The van der Waals surface area contributed by atoms with Crippen LogP contribution in [0.3, 0.4) is 0 Å². The molecule has 0 heterocycles. The van der Waals surface area contributed by atoms with Crippen molar-refractivity contribution in [1.82, 2.24) is 0 Å². The van der Waals surface area contributed by atoms with E-state index in [-0.39, 0.29) is 102 Å². The summed E-state index contributed by atoms with van der Waals surface area (Å²) in [5.74, 6) is 0. The van der Waals surface area contributed by atoms with Crippen molar-refractivity contribution in [3.8, 4) is 0 Å². The van der Waals surface area contributed by atoms with Crippen LogP contribution in [0, 0.1) is 44.6 Å². The van der Waals surface area contributed by atoms with Gasteiger partial charge in [-0.3, -0.25) is 0 Å². The summed E-state index contributed by atoms with van der Waals surface area (Å²) in [5, 5.41) is 8.52. The van der Waals surface area contributed by atoms with Crippen molar-refractivity contribution in [3.63, 3.8) is 0 Å². The molecule has 2 nitrogen and oxygen atoms in total. The molecule has 0 bridgehead atoms. The Morgan fingerprint density at radius 2 is 0.778 bits per heavy atom. The van der Waals surface area contributed by atoms with Crippen LogP contribution < -0.4 is 0 Å². The molecule has 0 saturated carbocycles. The Hall–Kier alpha value is 1.40. The zero-order valence-electron chi connectivity index (χ0n) is 14.7. The molecule has 0 amide bonds. The Balaban J connectivity index is -0.00000000406. The third-order valence-electron chi connectivity index (χ3n) is 0. The van der Waals surface area contributed by atoms with Gasteiger partial charge >= 0.3 is 0 Å². The van der Waals surface area contributed by atoms with Crippen LogP contribution in [0.5, 0.6) is 0 Å². The van der Waals surface area contributed by atoms with E-state index in [0.29, 0.717) is 0 Å². The van der Waals surface area contributed by atoms with Crippen LogP contribution in [0.2, 0.25) is 0 Å². The summed E-state index contributed by atoms with van der Waals surface area (Å²) in [5.41, 5.74) is 0.667. The largest absolute Gasteiger partial charge is 0.412 e. The molecule has 3 N–H and O–H groups in total. The van der Waals surface area contributed by atoms with Gasteiger partial charge in [0.25, 0.3) is 0 Å². The van der Waals surface area contributed by atoms with Crippen molar-refractivity contribution >= 4 is 0 Å². The van der Waals surface area contributed by atoms with E-state index in [9.17, 15) is 0 Å². The summed E-state index contributed by atoms with van der Waals surface area (Å²) in [6.07, 6.45) is 0. The molecule has 0 aliphatic heterocycles. The first-order valence-electron chi connectivity index (χ1n) is 3.08. The average Bonchev–Trinajstić information content (AvgIpc) is 1.19. The minimum absolute atomic E-state index is 0. The minimum Gasteiger partial charge on any atom is -0.412 e. The van der Waals surface area contributed by atoms with Gasteiger partial charge in [0.05, 0.1) is 5.60 Å². The Morgan fingerprint density at radius 3 is 0.778 bits per heavy atom. The normalized spacial score (nSPS) is 4.78. The molecule has 120 valence electrons. The standard InChI is InChI=1S/C4H10O.C4H8.6CH3.2Hf.H2O/c1-4(2,3)5;1-4(2)3;;;;;;;;;/h5H,1-3H3;1H2,2-3H3;6*1H3;;;1H2/q;;6*-1;;;. The van der Waals surface area contributed by atoms with Gasteiger partial charge in [-0.2, -0.15) is 0 Å². The second kappa shape index (κ2) is 51.5. The Kier molecular flexibility index (Phi) is 266. The SMILES string of the molecule is C=C(C)C.CC(C)(C)O.O.[CH3-].[CH3-].[CH3-].[CH3-].[CH3-].[CH3-].[Hf].[Hf]. The van der Waals surface area contributed by atoms with Crippen LogP contribution in [0.25, 0.3) is 0 Å². The van der Waals surface area contributed by atoms with Gasteiger partial charge in [0, 0.05) is 51.7 Å². The predicted molar refractivity (Wildman–Crippen MR) is 84.6 cm³/mol.